The predicted octanol–water partition coefficient (Wildman–Crippen LogP) is 3.80. The molecule has 0 heterocycles. The van der Waals surface area contributed by atoms with Gasteiger partial charge in [-0.15, -0.1) is 0 Å². The van der Waals surface area contributed by atoms with Gasteiger partial charge in [-0.3, -0.25) is 10.1 Å². The number of anilines is 1. The summed E-state index contributed by atoms with van der Waals surface area (Å²) < 4.78 is 0. The van der Waals surface area contributed by atoms with E-state index >= 15 is 0 Å². The predicted molar refractivity (Wildman–Crippen MR) is 74.2 cm³/mol. The van der Waals surface area contributed by atoms with Crippen LogP contribution in [0.15, 0.2) is 18.2 Å². The largest absolute Gasteiger partial charge is 0.381 e. The first-order chi connectivity index (χ1) is 8.04. The van der Waals surface area contributed by atoms with Crippen LogP contribution in [0, 0.1) is 10.1 Å². The van der Waals surface area contributed by atoms with E-state index in [9.17, 15) is 10.1 Å². The van der Waals surface area contributed by atoms with E-state index in [0.29, 0.717) is 11.1 Å². The lowest BCUT2D eigenvalue weighted by molar-refractivity contribution is -0.384. The van der Waals surface area contributed by atoms with E-state index in [2.05, 4.69) is 18.5 Å². The number of benzene rings is 1. The van der Waals surface area contributed by atoms with Crippen molar-refractivity contribution < 1.29 is 4.92 Å². The van der Waals surface area contributed by atoms with Gasteiger partial charge in [0.25, 0.3) is 5.69 Å². The molecule has 0 saturated carbocycles. The second-order valence-corrected chi connectivity index (χ2v) is 5.14. The molecule has 1 aromatic rings. The number of nitro groups is 1. The highest BCUT2D eigenvalue weighted by Crippen LogP contribution is 2.27. The molecule has 0 fully saturated rings. The number of halogens is 1. The van der Waals surface area contributed by atoms with Crippen molar-refractivity contribution in [3.63, 3.8) is 0 Å². The zero-order valence-corrected chi connectivity index (χ0v) is 11.3. The second kappa shape index (κ2) is 6.71. The fraction of sp³-hybridized carbons (Fsp3) is 0.455. The van der Waals surface area contributed by atoms with Crippen LogP contribution in [0.2, 0.25) is 5.02 Å². The fourth-order valence-electron chi connectivity index (χ4n) is 1.37. The average molecular weight is 275 g/mol. The van der Waals surface area contributed by atoms with Crippen molar-refractivity contribution in [3.8, 4) is 0 Å². The molecule has 1 aromatic carbocycles. The number of thioether (sulfide) groups is 1. The summed E-state index contributed by atoms with van der Waals surface area (Å²) in [6.45, 7) is 2.06. The molecular formula is C11H15ClN2O2S. The number of non-ortho nitro benzene ring substituents is 1. The van der Waals surface area contributed by atoms with E-state index in [4.69, 9.17) is 11.6 Å². The van der Waals surface area contributed by atoms with Gasteiger partial charge in [0, 0.05) is 18.2 Å². The zero-order chi connectivity index (χ0) is 12.8. The monoisotopic (exact) mass is 274 g/mol. The van der Waals surface area contributed by atoms with Crippen LogP contribution in [0.5, 0.6) is 0 Å². The Morgan fingerprint density at radius 3 is 2.82 bits per heavy atom. The molecule has 0 aromatic heterocycles. The van der Waals surface area contributed by atoms with Crippen LogP contribution in [0.4, 0.5) is 11.4 Å². The Bertz CT molecular complexity index is 401. The SMILES string of the molecule is CSCCC(C)Nc1ccc([N+](=O)[O-])cc1Cl. The maximum Gasteiger partial charge on any atom is 0.271 e. The first kappa shape index (κ1) is 14.1. The van der Waals surface area contributed by atoms with E-state index in [0.717, 1.165) is 17.9 Å². The number of nitro benzene ring substituents is 1. The van der Waals surface area contributed by atoms with Gasteiger partial charge < -0.3 is 5.32 Å². The smallest absolute Gasteiger partial charge is 0.271 e. The first-order valence-electron chi connectivity index (χ1n) is 5.24. The number of rotatable bonds is 6. The molecule has 94 valence electrons. The summed E-state index contributed by atoms with van der Waals surface area (Å²) in [6.07, 6.45) is 3.08. The number of nitrogens with one attached hydrogen (secondary N) is 1. The molecule has 1 N–H and O–H groups in total. The highest BCUT2D eigenvalue weighted by Gasteiger charge is 2.10. The highest BCUT2D eigenvalue weighted by molar-refractivity contribution is 7.98. The molecule has 0 aliphatic heterocycles. The van der Waals surface area contributed by atoms with Crippen LogP contribution < -0.4 is 5.32 Å². The Morgan fingerprint density at radius 2 is 2.29 bits per heavy atom. The van der Waals surface area contributed by atoms with Crippen LogP contribution in [-0.4, -0.2) is 23.0 Å². The third-order valence-electron chi connectivity index (χ3n) is 2.32. The molecule has 0 amide bonds. The lowest BCUT2D eigenvalue weighted by Crippen LogP contribution is -2.16. The molecule has 6 heteroatoms. The van der Waals surface area contributed by atoms with Gasteiger partial charge in [-0.1, -0.05) is 11.6 Å². The summed E-state index contributed by atoms with van der Waals surface area (Å²) in [7, 11) is 0. The quantitative estimate of drug-likeness (QED) is 0.633. The van der Waals surface area contributed by atoms with Crippen molar-refractivity contribution >= 4 is 34.7 Å². The summed E-state index contributed by atoms with van der Waals surface area (Å²) >= 11 is 7.77. The van der Waals surface area contributed by atoms with E-state index in [1.807, 2.05) is 0 Å². The lowest BCUT2D eigenvalue weighted by Gasteiger charge is -2.15. The van der Waals surface area contributed by atoms with Gasteiger partial charge in [-0.05, 0) is 31.4 Å². The maximum absolute atomic E-state index is 10.6. The van der Waals surface area contributed by atoms with E-state index in [-0.39, 0.29) is 5.69 Å². The normalized spacial score (nSPS) is 12.2. The Hall–Kier alpha value is -0.940. The molecule has 1 unspecified atom stereocenters. The van der Waals surface area contributed by atoms with Crippen molar-refractivity contribution in [1.82, 2.24) is 0 Å². The van der Waals surface area contributed by atoms with Gasteiger partial charge in [-0.25, -0.2) is 0 Å². The number of nitrogens with zero attached hydrogens (tertiary/aromatic N) is 1. The van der Waals surface area contributed by atoms with Gasteiger partial charge in [0.15, 0.2) is 0 Å². The molecule has 1 atom stereocenters. The molecule has 17 heavy (non-hydrogen) atoms. The highest BCUT2D eigenvalue weighted by atomic mass is 35.5. The van der Waals surface area contributed by atoms with Crippen molar-refractivity contribution in [2.75, 3.05) is 17.3 Å². The molecule has 1 rings (SSSR count). The van der Waals surface area contributed by atoms with E-state index < -0.39 is 4.92 Å². The summed E-state index contributed by atoms with van der Waals surface area (Å²) in [4.78, 5) is 10.1. The minimum Gasteiger partial charge on any atom is -0.381 e. The van der Waals surface area contributed by atoms with Crippen molar-refractivity contribution in [2.24, 2.45) is 0 Å². The summed E-state index contributed by atoms with van der Waals surface area (Å²) in [6, 6.07) is 4.76. The van der Waals surface area contributed by atoms with Crippen LogP contribution in [0.3, 0.4) is 0 Å². The van der Waals surface area contributed by atoms with Crippen molar-refractivity contribution in [1.29, 1.82) is 0 Å². The summed E-state index contributed by atoms with van der Waals surface area (Å²) in [5, 5.41) is 14.2. The first-order valence-corrected chi connectivity index (χ1v) is 7.01. The molecule has 0 aliphatic carbocycles. The number of hydrogen-bond donors (Lipinski definition) is 1. The van der Waals surface area contributed by atoms with Gasteiger partial charge in [0.1, 0.15) is 0 Å². The van der Waals surface area contributed by atoms with E-state index in [1.165, 1.54) is 12.1 Å². The molecule has 0 aliphatic rings. The second-order valence-electron chi connectivity index (χ2n) is 3.75. The summed E-state index contributed by atoms with van der Waals surface area (Å²) in [5.41, 5.74) is 0.753. The molecule has 0 bridgehead atoms. The third kappa shape index (κ3) is 4.44. The van der Waals surface area contributed by atoms with Crippen LogP contribution >= 0.6 is 23.4 Å². The lowest BCUT2D eigenvalue weighted by atomic mass is 10.2. The topological polar surface area (TPSA) is 55.2 Å². The molecule has 0 saturated heterocycles. The van der Waals surface area contributed by atoms with Gasteiger partial charge in [0.05, 0.1) is 15.6 Å². The number of hydrogen-bond acceptors (Lipinski definition) is 4. The Balaban J connectivity index is 2.69. The Labute approximate surface area is 110 Å². The molecular weight excluding hydrogens is 260 g/mol. The maximum atomic E-state index is 10.6. The standard InChI is InChI=1S/C11H15ClN2O2S/c1-8(5-6-17-2)13-11-4-3-9(14(15)16)7-10(11)12/h3-4,7-8,13H,5-6H2,1-2H3. The summed E-state index contributed by atoms with van der Waals surface area (Å²) in [5.74, 6) is 1.07. The Morgan fingerprint density at radius 1 is 1.59 bits per heavy atom. The van der Waals surface area contributed by atoms with Crippen molar-refractivity contribution in [2.45, 2.75) is 19.4 Å². The minimum absolute atomic E-state index is 0.0114. The van der Waals surface area contributed by atoms with Crippen molar-refractivity contribution in [3.05, 3.63) is 33.3 Å². The molecule has 4 nitrogen and oxygen atoms in total. The fourth-order valence-corrected chi connectivity index (χ4v) is 2.19. The van der Waals surface area contributed by atoms with Gasteiger partial charge >= 0.3 is 0 Å². The molecule has 0 spiro atoms. The minimum atomic E-state index is -0.452. The zero-order valence-electron chi connectivity index (χ0n) is 9.77. The third-order valence-corrected chi connectivity index (χ3v) is 3.28. The molecule has 0 radical (unpaired) electrons. The van der Waals surface area contributed by atoms with Crippen LogP contribution in [-0.2, 0) is 0 Å². The van der Waals surface area contributed by atoms with Gasteiger partial charge in [-0.2, -0.15) is 11.8 Å². The average Bonchev–Trinajstić information content (AvgIpc) is 2.28. The van der Waals surface area contributed by atoms with Crippen LogP contribution in [0.25, 0.3) is 0 Å². The van der Waals surface area contributed by atoms with Crippen LogP contribution in [0.1, 0.15) is 13.3 Å². The van der Waals surface area contributed by atoms with Gasteiger partial charge in [0.2, 0.25) is 0 Å². The van der Waals surface area contributed by atoms with E-state index in [1.54, 1.807) is 17.8 Å². The Kier molecular flexibility index (Phi) is 5.58.